The van der Waals surface area contributed by atoms with E-state index in [1.54, 1.807) is 0 Å². The zero-order chi connectivity index (χ0) is 11.5. The maximum atomic E-state index is 5.75. The van der Waals surface area contributed by atoms with Crippen LogP contribution in [0.5, 0.6) is 0 Å². The van der Waals surface area contributed by atoms with Crippen molar-refractivity contribution in [2.24, 2.45) is 13.0 Å². The van der Waals surface area contributed by atoms with Gasteiger partial charge in [-0.25, -0.2) is 0 Å². The third-order valence-electron chi connectivity index (χ3n) is 3.02. The van der Waals surface area contributed by atoms with Crippen LogP contribution in [0.1, 0.15) is 17.8 Å². The van der Waals surface area contributed by atoms with Gasteiger partial charge in [-0.15, -0.1) is 0 Å². The minimum absolute atomic E-state index is 0.633. The summed E-state index contributed by atoms with van der Waals surface area (Å²) in [6.45, 7) is 5.68. The molecule has 90 valence electrons. The minimum Gasteiger partial charge on any atom is -0.375 e. The first-order chi connectivity index (χ1) is 7.68. The molecular weight excluding hydrogens is 270 g/mol. The second kappa shape index (κ2) is 5.29. The maximum Gasteiger partial charge on any atom is 0.0896 e. The van der Waals surface area contributed by atoms with E-state index in [2.05, 4.69) is 26.3 Å². The number of ether oxygens (including phenoxy) is 1. The predicted octanol–water partition coefficient (Wildman–Crippen LogP) is 1.62. The van der Waals surface area contributed by atoms with E-state index in [0.717, 1.165) is 35.6 Å². The summed E-state index contributed by atoms with van der Waals surface area (Å²) in [5.41, 5.74) is 2.13. The molecule has 1 aliphatic heterocycles. The van der Waals surface area contributed by atoms with Crippen molar-refractivity contribution in [1.82, 2.24) is 15.1 Å². The average molecular weight is 288 g/mol. The fourth-order valence-corrected chi connectivity index (χ4v) is 2.47. The molecule has 1 unspecified atom stereocenters. The number of nitrogens with one attached hydrogen (secondary N) is 1. The van der Waals surface area contributed by atoms with Crippen molar-refractivity contribution >= 4 is 15.9 Å². The molecule has 0 amide bonds. The van der Waals surface area contributed by atoms with Gasteiger partial charge in [-0.2, -0.15) is 5.10 Å². The molecule has 0 radical (unpaired) electrons. The molecule has 1 saturated heterocycles. The molecule has 1 aromatic rings. The molecule has 0 aromatic carbocycles. The molecule has 2 heterocycles. The third kappa shape index (κ3) is 2.64. The van der Waals surface area contributed by atoms with Gasteiger partial charge in [0.1, 0.15) is 0 Å². The minimum atomic E-state index is 0.633. The van der Waals surface area contributed by atoms with Gasteiger partial charge in [0.25, 0.3) is 0 Å². The van der Waals surface area contributed by atoms with Crippen LogP contribution < -0.4 is 5.32 Å². The number of aromatic nitrogens is 2. The van der Waals surface area contributed by atoms with Crippen LogP contribution in [0.4, 0.5) is 0 Å². The van der Waals surface area contributed by atoms with Crippen LogP contribution >= 0.6 is 15.9 Å². The average Bonchev–Trinajstić information content (AvgIpc) is 2.82. The van der Waals surface area contributed by atoms with Crippen molar-refractivity contribution in [3.05, 3.63) is 15.9 Å². The van der Waals surface area contributed by atoms with Crippen molar-refractivity contribution < 1.29 is 4.74 Å². The fourth-order valence-electron chi connectivity index (χ4n) is 2.02. The Morgan fingerprint density at radius 1 is 1.62 bits per heavy atom. The summed E-state index contributed by atoms with van der Waals surface area (Å²) in [5.74, 6) is 0.674. The number of halogens is 1. The predicted molar refractivity (Wildman–Crippen MR) is 66.3 cm³/mol. The van der Waals surface area contributed by atoms with Crippen LogP contribution in [0.3, 0.4) is 0 Å². The van der Waals surface area contributed by atoms with E-state index in [1.807, 2.05) is 18.7 Å². The first-order valence-corrected chi connectivity index (χ1v) is 6.44. The molecule has 0 aliphatic carbocycles. The van der Waals surface area contributed by atoms with Crippen LogP contribution in [0.25, 0.3) is 0 Å². The molecule has 2 rings (SSSR count). The highest BCUT2D eigenvalue weighted by Gasteiger charge is 2.15. The Labute approximate surface area is 104 Å². The second-order valence-electron chi connectivity index (χ2n) is 4.34. The SMILES string of the molecule is Cc1nn(C)c(COCC2CCNC2)c1Br. The molecule has 0 saturated carbocycles. The molecule has 1 aliphatic rings. The largest absolute Gasteiger partial charge is 0.375 e. The van der Waals surface area contributed by atoms with Crippen molar-refractivity contribution in [1.29, 1.82) is 0 Å². The first-order valence-electron chi connectivity index (χ1n) is 5.65. The summed E-state index contributed by atoms with van der Waals surface area (Å²) < 4.78 is 8.70. The van der Waals surface area contributed by atoms with Crippen LogP contribution in [-0.4, -0.2) is 29.5 Å². The van der Waals surface area contributed by atoms with Gasteiger partial charge in [-0.1, -0.05) is 0 Å². The summed E-state index contributed by atoms with van der Waals surface area (Å²) in [5, 5.41) is 7.68. The van der Waals surface area contributed by atoms with E-state index in [9.17, 15) is 0 Å². The number of hydrogen-bond donors (Lipinski definition) is 1. The molecule has 1 fully saturated rings. The van der Waals surface area contributed by atoms with Gasteiger partial charge in [0.15, 0.2) is 0 Å². The smallest absolute Gasteiger partial charge is 0.0896 e. The quantitative estimate of drug-likeness (QED) is 0.915. The number of hydrogen-bond acceptors (Lipinski definition) is 3. The summed E-state index contributed by atoms with van der Waals surface area (Å²) in [6.07, 6.45) is 1.23. The lowest BCUT2D eigenvalue weighted by Gasteiger charge is -2.09. The van der Waals surface area contributed by atoms with E-state index >= 15 is 0 Å². The van der Waals surface area contributed by atoms with Crippen LogP contribution in [0.2, 0.25) is 0 Å². The van der Waals surface area contributed by atoms with Crippen molar-refractivity contribution in [3.63, 3.8) is 0 Å². The Kier molecular flexibility index (Phi) is 4.00. The Hall–Kier alpha value is -0.390. The third-order valence-corrected chi connectivity index (χ3v) is 4.05. The Morgan fingerprint density at radius 3 is 3.00 bits per heavy atom. The van der Waals surface area contributed by atoms with Crippen molar-refractivity contribution in [2.45, 2.75) is 20.0 Å². The fraction of sp³-hybridized carbons (Fsp3) is 0.727. The number of nitrogens with zero attached hydrogens (tertiary/aromatic N) is 2. The van der Waals surface area contributed by atoms with Gasteiger partial charge in [0, 0.05) is 13.6 Å². The van der Waals surface area contributed by atoms with E-state index < -0.39 is 0 Å². The molecule has 4 nitrogen and oxygen atoms in total. The van der Waals surface area contributed by atoms with Crippen LogP contribution in [0, 0.1) is 12.8 Å². The second-order valence-corrected chi connectivity index (χ2v) is 5.14. The lowest BCUT2D eigenvalue weighted by atomic mass is 10.1. The monoisotopic (exact) mass is 287 g/mol. The normalized spacial score (nSPS) is 20.6. The lowest BCUT2D eigenvalue weighted by molar-refractivity contribution is 0.0878. The summed E-state index contributed by atoms with van der Waals surface area (Å²) in [4.78, 5) is 0. The maximum absolute atomic E-state index is 5.75. The van der Waals surface area contributed by atoms with Crippen LogP contribution in [-0.2, 0) is 18.4 Å². The molecule has 5 heteroatoms. The zero-order valence-electron chi connectivity index (χ0n) is 9.79. The van der Waals surface area contributed by atoms with Gasteiger partial charge in [0.2, 0.25) is 0 Å². The molecular formula is C11H18BrN3O. The van der Waals surface area contributed by atoms with E-state index in [-0.39, 0.29) is 0 Å². The molecule has 1 N–H and O–H groups in total. The van der Waals surface area contributed by atoms with E-state index in [0.29, 0.717) is 12.5 Å². The zero-order valence-corrected chi connectivity index (χ0v) is 11.4. The van der Waals surface area contributed by atoms with Gasteiger partial charge >= 0.3 is 0 Å². The lowest BCUT2D eigenvalue weighted by Crippen LogP contribution is -2.14. The molecule has 1 aromatic heterocycles. The highest BCUT2D eigenvalue weighted by molar-refractivity contribution is 9.10. The van der Waals surface area contributed by atoms with Gasteiger partial charge < -0.3 is 10.1 Å². The van der Waals surface area contributed by atoms with Gasteiger partial charge in [0.05, 0.1) is 29.1 Å². The number of aryl methyl sites for hydroxylation is 2. The van der Waals surface area contributed by atoms with Crippen molar-refractivity contribution in [2.75, 3.05) is 19.7 Å². The molecule has 16 heavy (non-hydrogen) atoms. The van der Waals surface area contributed by atoms with Gasteiger partial charge in [-0.3, -0.25) is 4.68 Å². The van der Waals surface area contributed by atoms with E-state index in [1.165, 1.54) is 6.42 Å². The summed E-state index contributed by atoms with van der Waals surface area (Å²) in [6, 6.07) is 0. The Balaban J connectivity index is 1.84. The highest BCUT2D eigenvalue weighted by atomic mass is 79.9. The molecule has 1 atom stereocenters. The molecule has 0 bridgehead atoms. The summed E-state index contributed by atoms with van der Waals surface area (Å²) in [7, 11) is 1.95. The summed E-state index contributed by atoms with van der Waals surface area (Å²) >= 11 is 3.54. The van der Waals surface area contributed by atoms with Gasteiger partial charge in [-0.05, 0) is 41.7 Å². The molecule has 0 spiro atoms. The standard InChI is InChI=1S/C11H18BrN3O/c1-8-11(12)10(15(2)14-8)7-16-6-9-3-4-13-5-9/h9,13H,3-7H2,1-2H3. The highest BCUT2D eigenvalue weighted by Crippen LogP contribution is 2.21. The Morgan fingerprint density at radius 2 is 2.44 bits per heavy atom. The van der Waals surface area contributed by atoms with Crippen LogP contribution in [0.15, 0.2) is 4.47 Å². The number of rotatable bonds is 4. The first kappa shape index (κ1) is 12.1. The van der Waals surface area contributed by atoms with E-state index in [4.69, 9.17) is 4.74 Å². The van der Waals surface area contributed by atoms with Crippen molar-refractivity contribution in [3.8, 4) is 0 Å². The Bertz CT molecular complexity index is 358. The topological polar surface area (TPSA) is 39.1 Å².